The van der Waals surface area contributed by atoms with Crippen LogP contribution in [0.2, 0.25) is 5.02 Å². The van der Waals surface area contributed by atoms with E-state index >= 15 is 0 Å². The molecule has 0 saturated carbocycles. The summed E-state index contributed by atoms with van der Waals surface area (Å²) in [6, 6.07) is 14.7. The van der Waals surface area contributed by atoms with Crippen molar-refractivity contribution in [2.24, 2.45) is 0 Å². The number of fused-ring (bicyclic) bond motifs is 1. The highest BCUT2D eigenvalue weighted by Crippen LogP contribution is 2.37. The van der Waals surface area contributed by atoms with E-state index in [9.17, 15) is 0 Å². The molecule has 0 aliphatic heterocycles. The highest BCUT2D eigenvalue weighted by Gasteiger charge is 2.18. The summed E-state index contributed by atoms with van der Waals surface area (Å²) in [6.45, 7) is 11.8. The molecule has 28 heavy (non-hydrogen) atoms. The second-order valence-electron chi connectivity index (χ2n) is 8.57. The molecular formula is C25H32ClNO. The number of rotatable bonds is 7. The molecule has 0 amide bonds. The Morgan fingerprint density at radius 2 is 1.68 bits per heavy atom. The lowest BCUT2D eigenvalue weighted by atomic mass is 10.0. The van der Waals surface area contributed by atoms with E-state index in [0.29, 0.717) is 0 Å². The minimum Gasteiger partial charge on any atom is -0.488 e. The van der Waals surface area contributed by atoms with Crippen LogP contribution in [0.15, 0.2) is 42.5 Å². The maximum atomic E-state index is 6.15. The van der Waals surface area contributed by atoms with E-state index in [1.54, 1.807) is 0 Å². The quantitative estimate of drug-likeness (QED) is 0.368. The minimum atomic E-state index is -0.216. The van der Waals surface area contributed by atoms with Crippen LogP contribution in [0.4, 0.5) is 0 Å². The van der Waals surface area contributed by atoms with Crippen molar-refractivity contribution in [1.82, 2.24) is 4.57 Å². The van der Waals surface area contributed by atoms with Crippen molar-refractivity contribution in [2.45, 2.75) is 72.4 Å². The van der Waals surface area contributed by atoms with Crippen LogP contribution in [0.3, 0.4) is 0 Å². The number of hydrogen-bond donors (Lipinski definition) is 0. The molecule has 150 valence electrons. The van der Waals surface area contributed by atoms with Crippen molar-refractivity contribution in [3.63, 3.8) is 0 Å². The highest BCUT2D eigenvalue weighted by molar-refractivity contribution is 6.30. The molecule has 1 aromatic heterocycles. The van der Waals surface area contributed by atoms with Crippen molar-refractivity contribution < 1.29 is 4.74 Å². The molecule has 0 spiro atoms. The summed E-state index contributed by atoms with van der Waals surface area (Å²) in [7, 11) is 0. The zero-order valence-electron chi connectivity index (χ0n) is 17.8. The van der Waals surface area contributed by atoms with Gasteiger partial charge in [-0.05, 0) is 70.0 Å². The van der Waals surface area contributed by atoms with Gasteiger partial charge in [-0.2, -0.15) is 0 Å². The van der Waals surface area contributed by atoms with E-state index in [1.165, 1.54) is 53.4 Å². The Bertz CT molecular complexity index is 932. The van der Waals surface area contributed by atoms with E-state index < -0.39 is 0 Å². The van der Waals surface area contributed by atoms with Gasteiger partial charge < -0.3 is 9.30 Å². The molecule has 0 saturated heterocycles. The molecule has 0 N–H and O–H groups in total. The van der Waals surface area contributed by atoms with Gasteiger partial charge in [-0.3, -0.25) is 0 Å². The average Bonchev–Trinajstić information content (AvgIpc) is 2.89. The van der Waals surface area contributed by atoms with E-state index in [0.717, 1.165) is 17.3 Å². The van der Waals surface area contributed by atoms with E-state index in [2.05, 4.69) is 69.5 Å². The van der Waals surface area contributed by atoms with Gasteiger partial charge in [0.15, 0.2) is 0 Å². The van der Waals surface area contributed by atoms with Crippen molar-refractivity contribution in [3.05, 3.63) is 53.2 Å². The Balaban J connectivity index is 2.10. The van der Waals surface area contributed by atoms with Crippen LogP contribution in [0.1, 0.15) is 59.1 Å². The summed E-state index contributed by atoms with van der Waals surface area (Å²) in [5, 5.41) is 2.01. The zero-order valence-corrected chi connectivity index (χ0v) is 18.6. The maximum Gasteiger partial charge on any atom is 0.120 e. The Hall–Kier alpha value is -1.93. The number of nitrogens with zero attached hydrogens (tertiary/aromatic N) is 1. The lowest BCUT2D eigenvalue weighted by Crippen LogP contribution is -2.22. The molecule has 0 aliphatic carbocycles. The van der Waals surface area contributed by atoms with Gasteiger partial charge in [0.1, 0.15) is 11.4 Å². The molecule has 3 aromatic rings. The van der Waals surface area contributed by atoms with Crippen LogP contribution >= 0.6 is 11.6 Å². The lowest BCUT2D eigenvalue weighted by molar-refractivity contribution is 0.131. The molecule has 0 unspecified atom stereocenters. The number of benzene rings is 2. The van der Waals surface area contributed by atoms with Crippen molar-refractivity contribution in [3.8, 4) is 16.9 Å². The Kier molecular flexibility index (Phi) is 6.40. The molecule has 1 heterocycles. The highest BCUT2D eigenvalue weighted by atomic mass is 35.5. The van der Waals surface area contributed by atoms with Crippen LogP contribution in [0.5, 0.6) is 5.75 Å². The first-order chi connectivity index (χ1) is 13.3. The Labute approximate surface area is 174 Å². The second-order valence-corrected chi connectivity index (χ2v) is 9.01. The molecule has 2 aromatic carbocycles. The Morgan fingerprint density at radius 3 is 2.32 bits per heavy atom. The van der Waals surface area contributed by atoms with Gasteiger partial charge in [0.05, 0.1) is 0 Å². The fraction of sp³-hybridized carbons (Fsp3) is 0.440. The maximum absolute atomic E-state index is 6.15. The molecule has 0 bridgehead atoms. The summed E-state index contributed by atoms with van der Waals surface area (Å²) < 4.78 is 8.62. The van der Waals surface area contributed by atoms with Crippen LogP contribution in [0.25, 0.3) is 22.0 Å². The van der Waals surface area contributed by atoms with Crippen molar-refractivity contribution in [2.75, 3.05) is 0 Å². The molecule has 0 atom stereocenters. The predicted molar refractivity (Wildman–Crippen MR) is 122 cm³/mol. The summed E-state index contributed by atoms with van der Waals surface area (Å²) in [6.07, 6.45) is 5.04. The standard InChI is InChI=1S/C25H32ClNO/c1-6-7-8-9-16-27-18(2)24(19-10-12-20(26)13-11-19)22-17-21(14-15-23(22)27)28-25(3,4)5/h10-15,17H,6-9,16H2,1-5H3. The topological polar surface area (TPSA) is 14.2 Å². The van der Waals surface area contributed by atoms with Gasteiger partial charge in [-0.15, -0.1) is 0 Å². The van der Waals surface area contributed by atoms with Gasteiger partial charge in [0, 0.05) is 33.7 Å². The first-order valence-electron chi connectivity index (χ1n) is 10.4. The molecule has 0 aliphatic rings. The first kappa shape index (κ1) is 20.8. The third kappa shape index (κ3) is 4.72. The van der Waals surface area contributed by atoms with E-state index in [-0.39, 0.29) is 5.60 Å². The normalized spacial score (nSPS) is 11.9. The largest absolute Gasteiger partial charge is 0.488 e. The number of halogens is 1. The third-order valence-electron chi connectivity index (χ3n) is 5.09. The van der Waals surface area contributed by atoms with Crippen LogP contribution < -0.4 is 4.74 Å². The number of aromatic nitrogens is 1. The predicted octanol–water partition coefficient (Wildman–Crippen LogP) is 8.03. The minimum absolute atomic E-state index is 0.216. The van der Waals surface area contributed by atoms with Gasteiger partial charge >= 0.3 is 0 Å². The zero-order chi connectivity index (χ0) is 20.3. The summed E-state index contributed by atoms with van der Waals surface area (Å²) in [5.74, 6) is 0.915. The average molecular weight is 398 g/mol. The monoisotopic (exact) mass is 397 g/mol. The molecule has 3 heteroatoms. The SMILES string of the molecule is CCCCCCn1c(C)c(-c2ccc(Cl)cc2)c2cc(OC(C)(C)C)ccc21. The first-order valence-corrected chi connectivity index (χ1v) is 10.8. The number of hydrogen-bond acceptors (Lipinski definition) is 1. The number of unbranched alkanes of at least 4 members (excludes halogenated alkanes) is 3. The summed E-state index contributed by atoms with van der Waals surface area (Å²) in [5.41, 5.74) is 4.85. The third-order valence-corrected chi connectivity index (χ3v) is 5.34. The molecule has 2 nitrogen and oxygen atoms in total. The van der Waals surface area contributed by atoms with Gasteiger partial charge in [0.25, 0.3) is 0 Å². The van der Waals surface area contributed by atoms with E-state index in [4.69, 9.17) is 16.3 Å². The van der Waals surface area contributed by atoms with E-state index in [1.807, 2.05) is 12.1 Å². The lowest BCUT2D eigenvalue weighted by Gasteiger charge is -2.21. The second kappa shape index (κ2) is 8.61. The van der Waals surface area contributed by atoms with Gasteiger partial charge in [0.2, 0.25) is 0 Å². The van der Waals surface area contributed by atoms with Crippen LogP contribution in [0, 0.1) is 6.92 Å². The number of aryl methyl sites for hydroxylation is 1. The van der Waals surface area contributed by atoms with Crippen LogP contribution in [-0.2, 0) is 6.54 Å². The van der Waals surface area contributed by atoms with Gasteiger partial charge in [-0.25, -0.2) is 0 Å². The summed E-state index contributed by atoms with van der Waals surface area (Å²) in [4.78, 5) is 0. The molecular weight excluding hydrogens is 366 g/mol. The Morgan fingerprint density at radius 1 is 0.964 bits per heavy atom. The summed E-state index contributed by atoms with van der Waals surface area (Å²) >= 11 is 6.13. The molecule has 0 radical (unpaired) electrons. The smallest absolute Gasteiger partial charge is 0.120 e. The van der Waals surface area contributed by atoms with Crippen molar-refractivity contribution in [1.29, 1.82) is 0 Å². The molecule has 0 fully saturated rings. The van der Waals surface area contributed by atoms with Crippen molar-refractivity contribution >= 4 is 22.5 Å². The fourth-order valence-corrected chi connectivity index (χ4v) is 3.97. The molecule has 3 rings (SSSR count). The number of ether oxygens (including phenoxy) is 1. The van der Waals surface area contributed by atoms with Crippen LogP contribution in [-0.4, -0.2) is 10.2 Å². The van der Waals surface area contributed by atoms with Gasteiger partial charge in [-0.1, -0.05) is 49.9 Å². The fourth-order valence-electron chi connectivity index (χ4n) is 3.84.